The van der Waals surface area contributed by atoms with Crippen LogP contribution in [0, 0.1) is 0 Å². The highest BCUT2D eigenvalue weighted by Gasteiger charge is 2.76. The van der Waals surface area contributed by atoms with Gasteiger partial charge >= 0.3 is 5.96 Å². The van der Waals surface area contributed by atoms with Crippen LogP contribution in [0.5, 0.6) is 5.75 Å². The third-order valence-corrected chi connectivity index (χ3v) is 7.81. The maximum atomic E-state index is 13.5. The smallest absolute Gasteiger partial charge is 0.343 e. The van der Waals surface area contributed by atoms with E-state index in [4.69, 9.17) is 16.2 Å². The van der Waals surface area contributed by atoms with E-state index in [2.05, 4.69) is 34.5 Å². The molecular weight excluding hydrogens is 468 g/mol. The number of hydrogen-bond acceptors (Lipinski definition) is 10. The van der Waals surface area contributed by atoms with Gasteiger partial charge < -0.3 is 30.9 Å². The van der Waals surface area contributed by atoms with E-state index in [1.807, 2.05) is 6.07 Å². The largest absolute Gasteiger partial charge is 0.492 e. The predicted octanol–water partition coefficient (Wildman–Crippen LogP) is -4.31. The molecule has 36 heavy (non-hydrogen) atoms. The van der Waals surface area contributed by atoms with Crippen molar-refractivity contribution in [2.45, 2.75) is 55.3 Å². The van der Waals surface area contributed by atoms with Crippen LogP contribution in [-0.2, 0) is 10.2 Å². The van der Waals surface area contributed by atoms with E-state index in [-0.39, 0.29) is 30.4 Å². The topological polar surface area (TPSA) is 193 Å². The number of nitrogens with two attached hydrogens (primary N) is 2. The van der Waals surface area contributed by atoms with Crippen LogP contribution in [0.3, 0.4) is 0 Å². The van der Waals surface area contributed by atoms with Gasteiger partial charge in [-0.05, 0) is 17.9 Å². The summed E-state index contributed by atoms with van der Waals surface area (Å²) in [5, 5.41) is 28.9. The van der Waals surface area contributed by atoms with E-state index in [1.165, 1.54) is 9.80 Å². The third kappa shape index (κ3) is 3.29. The summed E-state index contributed by atoms with van der Waals surface area (Å²) in [7, 11) is 1.58. The fourth-order valence-electron chi connectivity index (χ4n) is 5.84. The molecule has 1 fully saturated rings. The van der Waals surface area contributed by atoms with Crippen LogP contribution in [0.4, 0.5) is 0 Å². The summed E-state index contributed by atoms with van der Waals surface area (Å²) >= 11 is 0. The fraction of sp³-hybridized carbons (Fsp3) is 0.565. The molecule has 0 aliphatic carbocycles. The van der Waals surface area contributed by atoms with Crippen molar-refractivity contribution < 1.29 is 29.5 Å². The maximum Gasteiger partial charge on any atom is 0.343 e. The Morgan fingerprint density at radius 3 is 2.89 bits per heavy atom. The lowest BCUT2D eigenvalue weighted by molar-refractivity contribution is -0.521. The van der Waals surface area contributed by atoms with Crippen molar-refractivity contribution in [3.8, 4) is 5.75 Å². The lowest BCUT2D eigenvalue weighted by Crippen LogP contribution is -2.90. The van der Waals surface area contributed by atoms with Crippen LogP contribution in [0.25, 0.3) is 0 Å². The van der Waals surface area contributed by atoms with Crippen molar-refractivity contribution in [3.63, 3.8) is 0 Å². The maximum absolute atomic E-state index is 13.5. The van der Waals surface area contributed by atoms with Gasteiger partial charge in [0.05, 0.1) is 18.7 Å². The van der Waals surface area contributed by atoms with E-state index in [0.717, 1.165) is 12.0 Å². The SMILES string of the molecule is CN(C=O)C[C@@H]1N=C(N)N2CC(NC(=O)c3cccc4c3OCCC4(C)C)C(O)(O)C23NC(N)=[NH+][C@@H]13. The molecule has 4 aliphatic heterocycles. The number of aliphatic hydroxyl groups is 2. The lowest BCUT2D eigenvalue weighted by Gasteiger charge is -2.46. The number of nitrogens with zero attached hydrogens (tertiary/aromatic N) is 3. The van der Waals surface area contributed by atoms with Gasteiger partial charge in [0.2, 0.25) is 12.2 Å². The molecular formula is C23H33N8O5+. The van der Waals surface area contributed by atoms with Gasteiger partial charge in [-0.3, -0.25) is 25.2 Å². The number of guanidine groups is 2. The third-order valence-electron chi connectivity index (χ3n) is 7.81. The molecule has 194 valence electrons. The normalized spacial score (nSPS) is 31.0. The molecule has 4 heterocycles. The minimum absolute atomic E-state index is 0.0333. The monoisotopic (exact) mass is 501 g/mol. The molecule has 1 saturated heterocycles. The Kier molecular flexibility index (Phi) is 5.34. The number of benzene rings is 1. The summed E-state index contributed by atoms with van der Waals surface area (Å²) in [6, 6.07) is 2.80. The molecule has 13 nitrogen and oxygen atoms in total. The molecule has 4 atom stereocenters. The van der Waals surface area contributed by atoms with Gasteiger partial charge in [0.15, 0.2) is 12.0 Å². The standard InChI is InChI=1S/C23H32N8O5/c1-21(2)7-8-36-16-12(5-4-6-13(16)21)18(33)27-15-10-31-20(25)26-14(9-30(3)11-32)17-22(31,23(15,34)35)29-19(24)28-17/h4-6,11,14-15,17,34-35H,7-10H2,1-3H3,(H2,25,26)(H,27,33)(H3,24,28,29)/p+1/t14-,15?,17-,22?/m0/s1. The number of carbonyl (C=O) groups excluding carboxylic acids is 2. The van der Waals surface area contributed by atoms with Gasteiger partial charge in [-0.15, -0.1) is 0 Å². The number of ether oxygens (including phenoxy) is 1. The summed E-state index contributed by atoms with van der Waals surface area (Å²) < 4.78 is 5.87. The van der Waals surface area contributed by atoms with Crippen LogP contribution < -0.4 is 31.8 Å². The first-order valence-corrected chi connectivity index (χ1v) is 11.9. The van der Waals surface area contributed by atoms with Crippen molar-refractivity contribution >= 4 is 24.2 Å². The quantitative estimate of drug-likeness (QED) is 0.154. The zero-order valence-corrected chi connectivity index (χ0v) is 20.5. The molecule has 1 aromatic rings. The first kappa shape index (κ1) is 24.1. The molecule has 2 unspecified atom stereocenters. The summed E-state index contributed by atoms with van der Waals surface area (Å²) in [5.41, 5.74) is 11.7. The predicted molar refractivity (Wildman–Crippen MR) is 129 cm³/mol. The first-order chi connectivity index (χ1) is 16.9. The van der Waals surface area contributed by atoms with Crippen molar-refractivity contribution in [3.05, 3.63) is 29.3 Å². The first-order valence-electron chi connectivity index (χ1n) is 11.9. The highest BCUT2D eigenvalue weighted by molar-refractivity contribution is 5.98. The Morgan fingerprint density at radius 2 is 2.17 bits per heavy atom. The Labute approximate surface area is 208 Å². The zero-order valence-electron chi connectivity index (χ0n) is 20.5. The van der Waals surface area contributed by atoms with Crippen LogP contribution in [0.1, 0.15) is 36.2 Å². The Morgan fingerprint density at radius 1 is 1.42 bits per heavy atom. The van der Waals surface area contributed by atoms with Gasteiger partial charge in [-0.1, -0.05) is 26.0 Å². The minimum Gasteiger partial charge on any atom is -0.492 e. The molecule has 0 aromatic heterocycles. The second-order valence-corrected chi connectivity index (χ2v) is 10.6. The number of para-hydroxylation sites is 1. The van der Waals surface area contributed by atoms with E-state index in [0.29, 0.717) is 24.3 Å². The zero-order chi connectivity index (χ0) is 26.0. The second-order valence-electron chi connectivity index (χ2n) is 10.6. The summed E-state index contributed by atoms with van der Waals surface area (Å²) in [6.07, 6.45) is 1.46. The van der Waals surface area contributed by atoms with Crippen molar-refractivity contribution in [1.82, 2.24) is 20.4 Å². The Bertz CT molecular complexity index is 1170. The number of hydrogen-bond donors (Lipinski definition) is 7. The average molecular weight is 502 g/mol. The molecule has 0 bridgehead atoms. The number of nitrogens with one attached hydrogen (secondary N) is 3. The van der Waals surface area contributed by atoms with E-state index >= 15 is 0 Å². The molecule has 5 rings (SSSR count). The average Bonchev–Trinajstić information content (AvgIpc) is 3.28. The summed E-state index contributed by atoms with van der Waals surface area (Å²) in [4.78, 5) is 35.1. The Balaban J connectivity index is 1.47. The van der Waals surface area contributed by atoms with Gasteiger partial charge in [0.25, 0.3) is 11.6 Å². The molecule has 9 N–H and O–H groups in total. The molecule has 1 aromatic carbocycles. The lowest BCUT2D eigenvalue weighted by atomic mass is 9.79. The Hall–Kier alpha value is -3.58. The number of amides is 2. The van der Waals surface area contributed by atoms with Crippen molar-refractivity contribution in [2.24, 2.45) is 16.5 Å². The number of aliphatic imine (C=N–C) groups is 1. The van der Waals surface area contributed by atoms with Crippen LogP contribution in [0.15, 0.2) is 23.2 Å². The van der Waals surface area contributed by atoms with Crippen molar-refractivity contribution in [1.29, 1.82) is 0 Å². The van der Waals surface area contributed by atoms with Crippen LogP contribution in [-0.4, -0.2) is 101 Å². The molecule has 4 aliphatic rings. The molecule has 0 saturated carbocycles. The fourth-order valence-corrected chi connectivity index (χ4v) is 5.84. The summed E-state index contributed by atoms with van der Waals surface area (Å²) in [6.45, 7) is 4.77. The van der Waals surface area contributed by atoms with Crippen LogP contribution >= 0.6 is 0 Å². The van der Waals surface area contributed by atoms with Gasteiger partial charge in [-0.2, -0.15) is 0 Å². The van der Waals surface area contributed by atoms with Crippen molar-refractivity contribution in [2.75, 3.05) is 26.7 Å². The summed E-state index contributed by atoms with van der Waals surface area (Å²) in [5.74, 6) is -2.41. The number of fused-ring (bicyclic) bond motifs is 1. The number of rotatable bonds is 5. The second kappa shape index (κ2) is 7.96. The van der Waals surface area contributed by atoms with E-state index in [9.17, 15) is 19.8 Å². The molecule has 0 radical (unpaired) electrons. The molecule has 2 amide bonds. The number of likely N-dealkylation sites (N-methyl/N-ethyl adjacent to an activating group) is 1. The highest BCUT2D eigenvalue weighted by atomic mass is 16.5. The van der Waals surface area contributed by atoms with E-state index < -0.39 is 35.5 Å². The van der Waals surface area contributed by atoms with Crippen LogP contribution in [0.2, 0.25) is 0 Å². The van der Waals surface area contributed by atoms with Gasteiger partial charge in [0.1, 0.15) is 17.8 Å². The number of carbonyl (C=O) groups is 2. The minimum atomic E-state index is -2.53. The van der Waals surface area contributed by atoms with E-state index in [1.54, 1.807) is 19.2 Å². The molecule has 13 heteroatoms. The highest BCUT2D eigenvalue weighted by Crippen LogP contribution is 2.43. The van der Waals surface area contributed by atoms with Gasteiger partial charge in [0, 0.05) is 19.2 Å². The molecule has 1 spiro atoms. The van der Waals surface area contributed by atoms with Gasteiger partial charge in [-0.25, -0.2) is 10.3 Å².